The average Bonchev–Trinajstić information content (AvgIpc) is 2.87. The minimum atomic E-state index is -6.00. The fourth-order valence-corrected chi connectivity index (χ4v) is 15.5. The van der Waals surface area contributed by atoms with E-state index in [0.29, 0.717) is 15.8 Å². The first kappa shape index (κ1) is 30.2. The van der Waals surface area contributed by atoms with Crippen LogP contribution in [0.15, 0.2) is 0 Å². The van der Waals surface area contributed by atoms with Gasteiger partial charge in [-0.25, -0.2) is 0 Å². The van der Waals surface area contributed by atoms with Crippen molar-refractivity contribution >= 4 is 23.1 Å². The average molecular weight is 537 g/mol. The van der Waals surface area contributed by atoms with Gasteiger partial charge in [-0.2, -0.15) is 0 Å². The van der Waals surface area contributed by atoms with Crippen LogP contribution < -0.4 is 0 Å². The molecule has 0 aromatic heterocycles. The molecule has 4 aliphatic carbocycles. The van der Waals surface area contributed by atoms with Crippen LogP contribution in [0.4, 0.5) is 17.3 Å². The number of halogens is 4. The van der Waals surface area contributed by atoms with E-state index in [4.69, 9.17) is 0 Å². The van der Waals surface area contributed by atoms with Crippen LogP contribution in [-0.2, 0) is 0 Å². The van der Waals surface area contributed by atoms with Gasteiger partial charge in [0.25, 0.3) is 0 Å². The minimum Gasteiger partial charge on any atom is -0.418 e. The normalized spacial score (nSPS) is 24.5. The van der Waals surface area contributed by atoms with Gasteiger partial charge in [0.2, 0.25) is 0 Å². The molecule has 0 radical (unpaired) electrons. The first-order chi connectivity index (χ1) is 16.9. The molecular weight excluding hydrogens is 485 g/mol. The largest absolute Gasteiger partial charge is 0.673 e. The van der Waals surface area contributed by atoms with Crippen molar-refractivity contribution in [3.05, 3.63) is 0 Å². The van der Waals surface area contributed by atoms with Crippen LogP contribution in [0.2, 0.25) is 0 Å². The summed E-state index contributed by atoms with van der Waals surface area (Å²) in [7, 11) is -5.30. The number of hydrogen-bond donors (Lipinski definition) is 0. The van der Waals surface area contributed by atoms with Gasteiger partial charge in [0.05, 0.1) is 0 Å². The van der Waals surface area contributed by atoms with Crippen molar-refractivity contribution in [2.24, 2.45) is 0 Å². The lowest BCUT2D eigenvalue weighted by molar-refractivity contribution is 0.368. The summed E-state index contributed by atoms with van der Waals surface area (Å²) in [5.41, 5.74) is 4.70. The highest BCUT2D eigenvalue weighted by Gasteiger charge is 2.32. The Morgan fingerprint density at radius 3 is 0.800 bits per heavy atom. The smallest absolute Gasteiger partial charge is 0.418 e. The van der Waals surface area contributed by atoms with E-state index in [1.165, 1.54) is 48.3 Å². The molecule has 206 valence electrons. The maximum Gasteiger partial charge on any atom is 0.673 e. The third-order valence-corrected chi connectivity index (χ3v) is 16.7. The van der Waals surface area contributed by atoms with Gasteiger partial charge in [0.1, 0.15) is 0 Å². The quantitative estimate of drug-likeness (QED) is 0.119. The van der Waals surface area contributed by atoms with Crippen LogP contribution in [0.5, 0.6) is 0 Å². The Kier molecular flexibility index (Phi) is 14.3. The molecule has 0 aliphatic heterocycles. The summed E-state index contributed by atoms with van der Waals surface area (Å²) in [4.78, 5) is 0. The van der Waals surface area contributed by atoms with Gasteiger partial charge in [-0.3, -0.25) is 0 Å². The second-order valence-electron chi connectivity index (χ2n) is 11.8. The van der Waals surface area contributed by atoms with Crippen LogP contribution in [0.3, 0.4) is 0 Å². The maximum absolute atomic E-state index is 9.75. The lowest BCUT2D eigenvalue weighted by atomic mass is 9.99. The molecule has 0 saturated heterocycles. The van der Waals surface area contributed by atoms with Crippen LogP contribution >= 0.6 is 15.8 Å². The third kappa shape index (κ3) is 11.9. The summed E-state index contributed by atoms with van der Waals surface area (Å²) in [6.07, 6.45) is 38.1. The van der Waals surface area contributed by atoms with Gasteiger partial charge >= 0.3 is 7.25 Å². The van der Waals surface area contributed by atoms with E-state index in [0.717, 1.165) is 0 Å². The van der Waals surface area contributed by atoms with Crippen molar-refractivity contribution in [2.75, 3.05) is 12.3 Å². The molecule has 0 amide bonds. The number of hydrogen-bond acceptors (Lipinski definition) is 0. The molecule has 7 heteroatoms. The zero-order valence-electron chi connectivity index (χ0n) is 22.3. The molecule has 35 heavy (non-hydrogen) atoms. The van der Waals surface area contributed by atoms with Crippen LogP contribution in [0.25, 0.3) is 0 Å². The van der Waals surface area contributed by atoms with E-state index in [1.54, 1.807) is 128 Å². The van der Waals surface area contributed by atoms with Crippen LogP contribution in [0.1, 0.15) is 141 Å². The Labute approximate surface area is 216 Å². The summed E-state index contributed by atoms with van der Waals surface area (Å²) in [6, 6.07) is 0. The summed E-state index contributed by atoms with van der Waals surface area (Å²) in [5.74, 6) is 0. The fraction of sp³-hybridized carbons (Fsp3) is 1.00. The summed E-state index contributed by atoms with van der Waals surface area (Å²) < 4.78 is 39.0. The lowest BCUT2D eigenvalue weighted by Gasteiger charge is -2.40. The molecule has 4 rings (SSSR count). The third-order valence-electron chi connectivity index (χ3n) is 9.26. The van der Waals surface area contributed by atoms with Gasteiger partial charge in [-0.05, 0) is 99.2 Å². The monoisotopic (exact) mass is 537 g/mol. The highest BCUT2D eigenvalue weighted by atomic mass is 31.1. The van der Waals surface area contributed by atoms with Crippen LogP contribution in [0, 0.1) is 0 Å². The molecule has 4 aliphatic rings. The van der Waals surface area contributed by atoms with E-state index in [9.17, 15) is 17.3 Å². The lowest BCUT2D eigenvalue weighted by Crippen LogP contribution is -2.23. The molecule has 0 atom stereocenters. The van der Waals surface area contributed by atoms with E-state index in [-0.39, 0.29) is 0 Å². The van der Waals surface area contributed by atoms with E-state index in [2.05, 4.69) is 0 Å². The second-order valence-corrected chi connectivity index (χ2v) is 17.7. The van der Waals surface area contributed by atoms with Gasteiger partial charge in [0.15, 0.2) is 0 Å². The summed E-state index contributed by atoms with van der Waals surface area (Å²) in [5, 5.41) is 0. The van der Waals surface area contributed by atoms with Crippen molar-refractivity contribution < 1.29 is 17.3 Å². The van der Waals surface area contributed by atoms with Gasteiger partial charge in [-0.15, -0.1) is 15.8 Å². The zero-order valence-corrected chi connectivity index (χ0v) is 24.1. The van der Waals surface area contributed by atoms with Gasteiger partial charge < -0.3 is 17.3 Å². The minimum absolute atomic E-state index is 0.350. The Balaban J connectivity index is 0.000000623. The molecule has 0 bridgehead atoms. The molecule has 0 heterocycles. The standard InChI is InChI=1S/C28H52P2.BF4/c1-5-15-25(16-6-1)29(26-17-7-2-8-18-26)23-13-14-24-30(27-19-9-3-10-20-27)28-21-11-4-12-22-28;2-1(3,4)5/h25-28H,1-24H2;/q;-1. The van der Waals surface area contributed by atoms with Crippen molar-refractivity contribution in [3.8, 4) is 0 Å². The molecule has 0 unspecified atom stereocenters. The Morgan fingerprint density at radius 2 is 0.600 bits per heavy atom. The molecule has 0 spiro atoms. The predicted octanol–water partition coefficient (Wildman–Crippen LogP) is 11.4. The molecule has 0 aromatic carbocycles. The van der Waals surface area contributed by atoms with E-state index >= 15 is 0 Å². The molecule has 0 aromatic rings. The SMILES string of the molecule is C1CCC(P(CCCCP(C2CCCCC2)C2CCCCC2)C2CCCCC2)CC1.F[B-](F)(F)F. The molecule has 0 nitrogen and oxygen atoms in total. The molecular formula is C28H52BF4P2-. The fourth-order valence-electron chi connectivity index (χ4n) is 7.57. The topological polar surface area (TPSA) is 0 Å². The van der Waals surface area contributed by atoms with E-state index in [1.807, 2.05) is 0 Å². The predicted molar refractivity (Wildman–Crippen MR) is 150 cm³/mol. The number of rotatable bonds is 9. The highest BCUT2D eigenvalue weighted by molar-refractivity contribution is 7.59. The first-order valence-corrected chi connectivity index (χ1v) is 18.6. The van der Waals surface area contributed by atoms with Crippen molar-refractivity contribution in [3.63, 3.8) is 0 Å². The van der Waals surface area contributed by atoms with Gasteiger partial charge in [0, 0.05) is 0 Å². The van der Waals surface area contributed by atoms with Crippen LogP contribution in [-0.4, -0.2) is 42.2 Å². The number of unbranched alkanes of at least 4 members (excludes halogenated alkanes) is 1. The Morgan fingerprint density at radius 1 is 0.400 bits per heavy atom. The van der Waals surface area contributed by atoms with Crippen molar-refractivity contribution in [1.82, 2.24) is 0 Å². The van der Waals surface area contributed by atoms with Gasteiger partial charge in [-0.1, -0.05) is 77.0 Å². The maximum atomic E-state index is 9.75. The molecule has 4 saturated carbocycles. The summed E-state index contributed by atoms with van der Waals surface area (Å²) >= 11 is 0. The molecule has 0 N–H and O–H groups in total. The summed E-state index contributed by atoms with van der Waals surface area (Å²) in [6.45, 7) is 0. The van der Waals surface area contributed by atoms with Crippen molar-refractivity contribution in [2.45, 2.75) is 164 Å². The highest BCUT2D eigenvalue weighted by Crippen LogP contribution is 2.58. The van der Waals surface area contributed by atoms with Crippen molar-refractivity contribution in [1.29, 1.82) is 0 Å². The van der Waals surface area contributed by atoms with E-state index < -0.39 is 7.25 Å². The Hall–Kier alpha value is 0.645. The second kappa shape index (κ2) is 16.6. The Bertz CT molecular complexity index is 454. The zero-order chi connectivity index (χ0) is 24.9. The molecule has 4 fully saturated rings. The first-order valence-electron chi connectivity index (χ1n) is 15.3.